The molecule has 1 saturated heterocycles. The van der Waals surface area contributed by atoms with Crippen LogP contribution >= 0.6 is 0 Å². The highest BCUT2D eigenvalue weighted by Gasteiger charge is 2.31. The first-order chi connectivity index (χ1) is 7.18. The van der Waals surface area contributed by atoms with Gasteiger partial charge in [0.05, 0.1) is 5.60 Å². The summed E-state index contributed by atoms with van der Waals surface area (Å²) < 4.78 is 0. The fourth-order valence-electron chi connectivity index (χ4n) is 3.26. The van der Waals surface area contributed by atoms with E-state index >= 15 is 0 Å². The Morgan fingerprint density at radius 1 is 1.27 bits per heavy atom. The summed E-state index contributed by atoms with van der Waals surface area (Å²) >= 11 is 0. The average Bonchev–Trinajstić information content (AvgIpc) is 2.63. The Labute approximate surface area is 93.7 Å². The average molecular weight is 211 g/mol. The molecule has 2 heteroatoms. The summed E-state index contributed by atoms with van der Waals surface area (Å²) in [6, 6.07) is 0. The third-order valence-corrected chi connectivity index (χ3v) is 4.27. The normalized spacial score (nSPS) is 32.0. The van der Waals surface area contributed by atoms with E-state index in [1.54, 1.807) is 0 Å². The Morgan fingerprint density at radius 2 is 2.00 bits per heavy atom. The van der Waals surface area contributed by atoms with Gasteiger partial charge in [-0.2, -0.15) is 0 Å². The molecular weight excluding hydrogens is 186 g/mol. The maximum absolute atomic E-state index is 10.3. The number of piperidine rings is 1. The van der Waals surface area contributed by atoms with E-state index in [9.17, 15) is 5.11 Å². The molecule has 2 fully saturated rings. The highest BCUT2D eigenvalue weighted by molar-refractivity contribution is 4.85. The van der Waals surface area contributed by atoms with Crippen LogP contribution in [0.4, 0.5) is 0 Å². The summed E-state index contributed by atoms with van der Waals surface area (Å²) in [5.41, 5.74) is -0.282. The zero-order valence-electron chi connectivity index (χ0n) is 10.0. The number of aliphatic hydroxyl groups is 1. The van der Waals surface area contributed by atoms with Crippen molar-refractivity contribution in [3.63, 3.8) is 0 Å². The van der Waals surface area contributed by atoms with Crippen molar-refractivity contribution in [2.45, 2.75) is 57.0 Å². The van der Waals surface area contributed by atoms with Crippen molar-refractivity contribution >= 4 is 0 Å². The number of hydrogen-bond donors (Lipinski definition) is 1. The molecular formula is C13H25NO. The van der Waals surface area contributed by atoms with Crippen LogP contribution in [-0.4, -0.2) is 35.7 Å². The van der Waals surface area contributed by atoms with Crippen LogP contribution in [0.2, 0.25) is 0 Å². The summed E-state index contributed by atoms with van der Waals surface area (Å²) in [5, 5.41) is 10.3. The molecule has 1 aliphatic carbocycles. The first-order valence-electron chi connectivity index (χ1n) is 6.59. The zero-order valence-corrected chi connectivity index (χ0v) is 10.0. The minimum atomic E-state index is -0.282. The van der Waals surface area contributed by atoms with Gasteiger partial charge in [0, 0.05) is 6.54 Å². The Kier molecular flexibility index (Phi) is 3.68. The van der Waals surface area contributed by atoms with Gasteiger partial charge in [-0.15, -0.1) is 0 Å². The third-order valence-electron chi connectivity index (χ3n) is 4.27. The largest absolute Gasteiger partial charge is 0.390 e. The molecule has 2 rings (SSSR count). The predicted octanol–water partition coefficient (Wildman–Crippen LogP) is 2.41. The van der Waals surface area contributed by atoms with Crippen LogP contribution in [0.1, 0.15) is 51.4 Å². The molecule has 88 valence electrons. The molecule has 0 radical (unpaired) electrons. The van der Waals surface area contributed by atoms with Crippen molar-refractivity contribution in [2.24, 2.45) is 5.92 Å². The lowest BCUT2D eigenvalue weighted by atomic mass is 9.87. The molecule has 2 aliphatic rings. The van der Waals surface area contributed by atoms with Crippen LogP contribution in [0.3, 0.4) is 0 Å². The van der Waals surface area contributed by atoms with Crippen molar-refractivity contribution in [3.8, 4) is 0 Å². The summed E-state index contributed by atoms with van der Waals surface area (Å²) in [6.07, 6.45) is 9.58. The predicted molar refractivity (Wildman–Crippen MR) is 62.9 cm³/mol. The molecule has 2 nitrogen and oxygen atoms in total. The summed E-state index contributed by atoms with van der Waals surface area (Å²) in [6.45, 7) is 2.51. The van der Waals surface area contributed by atoms with Crippen LogP contribution in [0.15, 0.2) is 0 Å². The van der Waals surface area contributed by atoms with E-state index in [0.717, 1.165) is 25.2 Å². The first kappa shape index (κ1) is 11.4. The topological polar surface area (TPSA) is 23.5 Å². The number of rotatable bonds is 3. The van der Waals surface area contributed by atoms with E-state index < -0.39 is 0 Å². The fourth-order valence-corrected chi connectivity index (χ4v) is 3.26. The van der Waals surface area contributed by atoms with Crippen LogP contribution in [-0.2, 0) is 0 Å². The molecule has 1 N–H and O–H groups in total. The monoisotopic (exact) mass is 211 g/mol. The highest BCUT2D eigenvalue weighted by atomic mass is 16.3. The quantitative estimate of drug-likeness (QED) is 0.775. The van der Waals surface area contributed by atoms with E-state index in [-0.39, 0.29) is 5.60 Å². The first-order valence-corrected chi connectivity index (χ1v) is 6.59. The molecule has 1 unspecified atom stereocenters. The molecule has 15 heavy (non-hydrogen) atoms. The Hall–Kier alpha value is -0.0800. The van der Waals surface area contributed by atoms with Gasteiger partial charge >= 0.3 is 0 Å². The van der Waals surface area contributed by atoms with E-state index in [4.69, 9.17) is 0 Å². The Morgan fingerprint density at radius 3 is 2.67 bits per heavy atom. The highest BCUT2D eigenvalue weighted by Crippen LogP contribution is 2.35. The molecule has 0 aromatic heterocycles. The number of nitrogens with zero attached hydrogens (tertiary/aromatic N) is 1. The van der Waals surface area contributed by atoms with Gasteiger partial charge in [0.15, 0.2) is 0 Å². The van der Waals surface area contributed by atoms with E-state index in [1.807, 2.05) is 0 Å². The smallest absolute Gasteiger partial charge is 0.0648 e. The molecule has 0 amide bonds. The molecule has 0 bridgehead atoms. The van der Waals surface area contributed by atoms with Crippen molar-refractivity contribution in [3.05, 3.63) is 0 Å². The molecule has 1 heterocycles. The minimum Gasteiger partial charge on any atom is -0.390 e. The van der Waals surface area contributed by atoms with Crippen LogP contribution in [0, 0.1) is 5.92 Å². The van der Waals surface area contributed by atoms with Gasteiger partial charge in [0.25, 0.3) is 0 Å². The van der Waals surface area contributed by atoms with Crippen LogP contribution in [0.5, 0.6) is 0 Å². The lowest BCUT2D eigenvalue weighted by Crippen LogP contribution is -2.33. The Balaban J connectivity index is 1.72. The fraction of sp³-hybridized carbons (Fsp3) is 1.00. The second kappa shape index (κ2) is 4.84. The van der Waals surface area contributed by atoms with Gasteiger partial charge in [-0.3, -0.25) is 0 Å². The molecule has 1 saturated carbocycles. The van der Waals surface area contributed by atoms with Gasteiger partial charge < -0.3 is 10.0 Å². The number of hydrogen-bond acceptors (Lipinski definition) is 2. The molecule has 0 spiro atoms. The van der Waals surface area contributed by atoms with Gasteiger partial charge in [-0.25, -0.2) is 0 Å². The van der Waals surface area contributed by atoms with E-state index in [1.165, 1.54) is 45.2 Å². The molecule has 1 atom stereocenters. The summed E-state index contributed by atoms with van der Waals surface area (Å²) in [5.74, 6) is 0.841. The molecule has 0 aromatic rings. The standard InChI is InChI=1S/C13H25NO/c1-14-10-4-5-12(11-14)6-9-13(15)7-2-3-8-13/h12,15H,2-11H2,1H3. The Bertz CT molecular complexity index is 199. The van der Waals surface area contributed by atoms with Gasteiger partial charge in [0.1, 0.15) is 0 Å². The van der Waals surface area contributed by atoms with Gasteiger partial charge in [0.2, 0.25) is 0 Å². The lowest BCUT2D eigenvalue weighted by molar-refractivity contribution is 0.0283. The number of likely N-dealkylation sites (tertiary alicyclic amines) is 1. The SMILES string of the molecule is CN1CCCC(CCC2(O)CCCC2)C1. The summed E-state index contributed by atoms with van der Waals surface area (Å²) in [7, 11) is 2.22. The van der Waals surface area contributed by atoms with Crippen molar-refractivity contribution in [1.82, 2.24) is 4.90 Å². The second-order valence-electron chi connectivity index (χ2n) is 5.74. The van der Waals surface area contributed by atoms with Crippen molar-refractivity contribution in [1.29, 1.82) is 0 Å². The van der Waals surface area contributed by atoms with Gasteiger partial charge in [-0.05, 0) is 58.0 Å². The molecule has 1 aliphatic heterocycles. The molecule has 0 aromatic carbocycles. The maximum atomic E-state index is 10.3. The van der Waals surface area contributed by atoms with E-state index in [0.29, 0.717) is 0 Å². The van der Waals surface area contributed by atoms with Crippen molar-refractivity contribution in [2.75, 3.05) is 20.1 Å². The summed E-state index contributed by atoms with van der Waals surface area (Å²) in [4.78, 5) is 2.44. The van der Waals surface area contributed by atoms with Crippen LogP contribution in [0.25, 0.3) is 0 Å². The van der Waals surface area contributed by atoms with Crippen LogP contribution < -0.4 is 0 Å². The van der Waals surface area contributed by atoms with Crippen molar-refractivity contribution < 1.29 is 5.11 Å². The zero-order chi connectivity index (χ0) is 10.7. The minimum absolute atomic E-state index is 0.282. The van der Waals surface area contributed by atoms with E-state index in [2.05, 4.69) is 11.9 Å². The lowest BCUT2D eigenvalue weighted by Gasteiger charge is -2.32. The second-order valence-corrected chi connectivity index (χ2v) is 5.74. The van der Waals surface area contributed by atoms with Gasteiger partial charge in [-0.1, -0.05) is 12.8 Å². The maximum Gasteiger partial charge on any atom is 0.0648 e. The third kappa shape index (κ3) is 3.18.